The van der Waals surface area contributed by atoms with Gasteiger partial charge in [0.2, 0.25) is 0 Å². The zero-order chi connectivity index (χ0) is 20.1. The van der Waals surface area contributed by atoms with Gasteiger partial charge in [-0.15, -0.1) is 0 Å². The molecule has 0 N–H and O–H groups in total. The van der Waals surface area contributed by atoms with Crippen molar-refractivity contribution in [3.63, 3.8) is 0 Å². The molecule has 0 bridgehead atoms. The number of rotatable bonds is 7. The minimum Gasteiger partial charge on any atom is -0.494 e. The third-order valence-electron chi connectivity index (χ3n) is 3.97. The first-order valence-corrected chi connectivity index (χ1v) is 8.28. The lowest BCUT2D eigenvalue weighted by molar-refractivity contribution is -0.151. The lowest BCUT2D eigenvalue weighted by Gasteiger charge is -2.21. The Balaban J connectivity index is 1.89. The Morgan fingerprint density at radius 1 is 0.889 bits per heavy atom. The quantitative estimate of drug-likeness (QED) is 0.596. The number of esters is 1. The van der Waals surface area contributed by atoms with Gasteiger partial charge in [0, 0.05) is 0 Å². The van der Waals surface area contributed by atoms with Gasteiger partial charge in [0.05, 0.1) is 24.7 Å². The molecule has 0 fully saturated rings. The van der Waals surface area contributed by atoms with Crippen LogP contribution < -0.4 is 9.47 Å². The Morgan fingerprint density at radius 2 is 1.37 bits per heavy atom. The largest absolute Gasteiger partial charge is 0.494 e. The number of halogens is 3. The van der Waals surface area contributed by atoms with Crippen molar-refractivity contribution in [3.05, 3.63) is 54.1 Å². The average Bonchev–Trinajstić information content (AvgIpc) is 2.62. The van der Waals surface area contributed by atoms with E-state index in [4.69, 9.17) is 14.2 Å². The van der Waals surface area contributed by atoms with Crippen molar-refractivity contribution in [2.45, 2.75) is 26.4 Å². The standard InChI is InChI=1S/C20H21F3O4/c1-19(2,18(24)25-3)12-13-26-15-8-10-17(11-9-15)27-16-6-4-14(5-7-16)20(21,22)23/h4-11H,12-13H2,1-3H3. The second-order valence-corrected chi connectivity index (χ2v) is 6.57. The maximum absolute atomic E-state index is 12.6. The summed E-state index contributed by atoms with van der Waals surface area (Å²) >= 11 is 0. The third-order valence-corrected chi connectivity index (χ3v) is 3.97. The van der Waals surface area contributed by atoms with Crippen LogP contribution in [-0.4, -0.2) is 19.7 Å². The molecule has 2 aromatic rings. The van der Waals surface area contributed by atoms with E-state index in [1.54, 1.807) is 38.1 Å². The topological polar surface area (TPSA) is 44.8 Å². The highest BCUT2D eigenvalue weighted by Crippen LogP contribution is 2.31. The first-order valence-electron chi connectivity index (χ1n) is 8.28. The summed E-state index contributed by atoms with van der Waals surface area (Å²) in [6, 6.07) is 11.1. The summed E-state index contributed by atoms with van der Waals surface area (Å²) in [4.78, 5) is 11.6. The number of ether oxygens (including phenoxy) is 3. The second-order valence-electron chi connectivity index (χ2n) is 6.57. The molecule has 0 saturated carbocycles. The predicted octanol–water partition coefficient (Wildman–Crippen LogP) is 5.47. The highest BCUT2D eigenvalue weighted by molar-refractivity contribution is 5.75. The van der Waals surface area contributed by atoms with Crippen LogP contribution >= 0.6 is 0 Å². The predicted molar refractivity (Wildman–Crippen MR) is 93.9 cm³/mol. The van der Waals surface area contributed by atoms with Gasteiger partial charge in [0.15, 0.2) is 0 Å². The van der Waals surface area contributed by atoms with Crippen molar-refractivity contribution >= 4 is 5.97 Å². The van der Waals surface area contributed by atoms with Gasteiger partial charge in [-0.05, 0) is 68.8 Å². The fourth-order valence-electron chi connectivity index (χ4n) is 2.25. The van der Waals surface area contributed by atoms with E-state index in [0.29, 0.717) is 30.3 Å². The van der Waals surface area contributed by atoms with Crippen molar-refractivity contribution in [2.24, 2.45) is 5.41 Å². The molecule has 0 saturated heterocycles. The molecule has 0 unspecified atom stereocenters. The first-order chi connectivity index (χ1) is 12.6. The molecule has 0 aliphatic rings. The number of hydrogen-bond acceptors (Lipinski definition) is 4. The van der Waals surface area contributed by atoms with Crippen LogP contribution in [0, 0.1) is 5.41 Å². The van der Waals surface area contributed by atoms with Crippen molar-refractivity contribution in [2.75, 3.05) is 13.7 Å². The van der Waals surface area contributed by atoms with Crippen LogP contribution in [0.5, 0.6) is 17.2 Å². The average molecular weight is 382 g/mol. The fourth-order valence-corrected chi connectivity index (χ4v) is 2.25. The van der Waals surface area contributed by atoms with Crippen LogP contribution in [0.1, 0.15) is 25.8 Å². The van der Waals surface area contributed by atoms with E-state index in [-0.39, 0.29) is 5.97 Å². The highest BCUT2D eigenvalue weighted by atomic mass is 19.4. The molecule has 7 heteroatoms. The molecule has 0 amide bonds. The fraction of sp³-hybridized carbons (Fsp3) is 0.350. The molecule has 0 aliphatic carbocycles. The third kappa shape index (κ3) is 5.91. The van der Waals surface area contributed by atoms with Gasteiger partial charge >= 0.3 is 12.1 Å². The van der Waals surface area contributed by atoms with Gasteiger partial charge < -0.3 is 14.2 Å². The van der Waals surface area contributed by atoms with Crippen LogP contribution in [0.25, 0.3) is 0 Å². The smallest absolute Gasteiger partial charge is 0.416 e. The SMILES string of the molecule is COC(=O)C(C)(C)CCOc1ccc(Oc2ccc(C(F)(F)F)cc2)cc1. The summed E-state index contributed by atoms with van der Waals surface area (Å²) in [5.41, 5.74) is -1.37. The molecule has 27 heavy (non-hydrogen) atoms. The number of hydrogen-bond donors (Lipinski definition) is 0. The van der Waals surface area contributed by atoms with E-state index in [2.05, 4.69) is 0 Å². The number of benzene rings is 2. The van der Waals surface area contributed by atoms with E-state index < -0.39 is 17.2 Å². The van der Waals surface area contributed by atoms with Crippen LogP contribution in [0.2, 0.25) is 0 Å². The summed E-state index contributed by atoms with van der Waals surface area (Å²) < 4.78 is 53.5. The summed E-state index contributed by atoms with van der Waals surface area (Å²) in [6.45, 7) is 3.90. The Bertz CT molecular complexity index is 750. The molecule has 0 aliphatic heterocycles. The summed E-state index contributed by atoms with van der Waals surface area (Å²) in [5.74, 6) is 1.07. The van der Waals surface area contributed by atoms with Crippen LogP contribution in [-0.2, 0) is 15.7 Å². The molecule has 0 atom stereocenters. The zero-order valence-corrected chi connectivity index (χ0v) is 15.3. The van der Waals surface area contributed by atoms with Crippen molar-refractivity contribution in [1.82, 2.24) is 0 Å². The molecular weight excluding hydrogens is 361 g/mol. The highest BCUT2D eigenvalue weighted by Gasteiger charge is 2.30. The Labute approximate surface area is 155 Å². The van der Waals surface area contributed by atoms with Crippen LogP contribution in [0.4, 0.5) is 13.2 Å². The van der Waals surface area contributed by atoms with E-state index in [9.17, 15) is 18.0 Å². The normalized spacial score (nSPS) is 11.8. The molecule has 0 heterocycles. The van der Waals surface area contributed by atoms with E-state index in [1.807, 2.05) is 0 Å². The van der Waals surface area contributed by atoms with Gasteiger partial charge in [-0.3, -0.25) is 4.79 Å². The van der Waals surface area contributed by atoms with E-state index in [0.717, 1.165) is 12.1 Å². The number of carbonyl (C=O) groups excluding carboxylic acids is 1. The van der Waals surface area contributed by atoms with Gasteiger partial charge in [-0.2, -0.15) is 13.2 Å². The van der Waals surface area contributed by atoms with Gasteiger partial charge in [-0.25, -0.2) is 0 Å². The van der Waals surface area contributed by atoms with Gasteiger partial charge in [0.25, 0.3) is 0 Å². The molecular formula is C20H21F3O4. The van der Waals surface area contributed by atoms with Crippen LogP contribution in [0.3, 0.4) is 0 Å². The van der Waals surface area contributed by atoms with Gasteiger partial charge in [-0.1, -0.05) is 0 Å². The monoisotopic (exact) mass is 382 g/mol. The maximum atomic E-state index is 12.6. The Kier molecular flexibility index (Phi) is 6.36. The van der Waals surface area contributed by atoms with E-state index in [1.165, 1.54) is 19.2 Å². The number of alkyl halides is 3. The lowest BCUT2D eigenvalue weighted by Crippen LogP contribution is -2.27. The lowest BCUT2D eigenvalue weighted by atomic mass is 9.90. The number of methoxy groups -OCH3 is 1. The minimum absolute atomic E-state index is 0.300. The van der Waals surface area contributed by atoms with Crippen molar-refractivity contribution in [3.8, 4) is 17.2 Å². The van der Waals surface area contributed by atoms with Gasteiger partial charge in [0.1, 0.15) is 17.2 Å². The molecule has 2 rings (SSSR count). The molecule has 0 spiro atoms. The Hall–Kier alpha value is -2.70. The Morgan fingerprint density at radius 3 is 1.85 bits per heavy atom. The van der Waals surface area contributed by atoms with E-state index >= 15 is 0 Å². The summed E-state index contributed by atoms with van der Waals surface area (Å²) in [5, 5.41) is 0. The molecule has 146 valence electrons. The van der Waals surface area contributed by atoms with Crippen LogP contribution in [0.15, 0.2) is 48.5 Å². The second kappa shape index (κ2) is 8.33. The number of carbonyl (C=O) groups is 1. The zero-order valence-electron chi connectivity index (χ0n) is 15.3. The molecule has 0 aromatic heterocycles. The minimum atomic E-state index is -4.38. The molecule has 0 radical (unpaired) electrons. The summed E-state index contributed by atoms with van der Waals surface area (Å²) in [7, 11) is 1.35. The van der Waals surface area contributed by atoms with Crippen molar-refractivity contribution in [1.29, 1.82) is 0 Å². The molecule has 4 nitrogen and oxygen atoms in total. The maximum Gasteiger partial charge on any atom is 0.416 e. The summed E-state index contributed by atoms with van der Waals surface area (Å²) in [6.07, 6.45) is -3.89. The van der Waals surface area contributed by atoms with Crippen molar-refractivity contribution < 1.29 is 32.2 Å². The first kappa shape index (κ1) is 20.6. The molecule has 2 aromatic carbocycles.